The normalized spacial score (nSPS) is 19.0. The van der Waals surface area contributed by atoms with Crippen LogP contribution in [0.4, 0.5) is 27.6 Å². The molecule has 0 bridgehead atoms. The molecule has 1 atom stereocenters. The summed E-state index contributed by atoms with van der Waals surface area (Å²) >= 11 is 0. The SMILES string of the molecule is Cc1cc(S(=O)(=O)N(C)C)ccc1-c1cc(C(F)(F)F)ccc1NC(=O)C1=C(O)[C@@]2(C)CCCN2N(Cc2cccc(F)c2F)C1=O. The van der Waals surface area contributed by atoms with Gasteiger partial charge in [0.2, 0.25) is 10.0 Å². The largest absolute Gasteiger partial charge is 0.509 e. The van der Waals surface area contributed by atoms with E-state index in [1.54, 1.807) is 6.92 Å². The van der Waals surface area contributed by atoms with Crippen molar-refractivity contribution in [3.05, 3.63) is 94.3 Å². The van der Waals surface area contributed by atoms with E-state index in [1.165, 1.54) is 56.4 Å². The zero-order valence-corrected chi connectivity index (χ0v) is 26.6. The summed E-state index contributed by atoms with van der Waals surface area (Å²) in [5.74, 6) is -5.05. The minimum Gasteiger partial charge on any atom is -0.509 e. The first kappa shape index (κ1) is 34.0. The average Bonchev–Trinajstić information content (AvgIpc) is 3.40. The molecule has 2 amide bonds. The smallest absolute Gasteiger partial charge is 0.416 e. The number of aliphatic hydroxyl groups is 1. The van der Waals surface area contributed by atoms with Crippen molar-refractivity contribution >= 4 is 27.5 Å². The first-order valence-corrected chi connectivity index (χ1v) is 15.8. The van der Waals surface area contributed by atoms with Gasteiger partial charge < -0.3 is 10.4 Å². The first-order chi connectivity index (χ1) is 21.9. The highest BCUT2D eigenvalue weighted by atomic mass is 32.2. The van der Waals surface area contributed by atoms with Crippen molar-refractivity contribution in [3.63, 3.8) is 0 Å². The maximum absolute atomic E-state index is 14.6. The van der Waals surface area contributed by atoms with Crippen molar-refractivity contribution in [2.45, 2.75) is 49.8 Å². The van der Waals surface area contributed by atoms with Gasteiger partial charge in [0.15, 0.2) is 11.6 Å². The summed E-state index contributed by atoms with van der Waals surface area (Å²) < 4.78 is 96.4. The highest BCUT2D eigenvalue weighted by Gasteiger charge is 2.52. The number of amides is 2. The molecule has 15 heteroatoms. The number of hydrogen-bond donors (Lipinski definition) is 2. The van der Waals surface area contributed by atoms with Gasteiger partial charge in [-0.05, 0) is 74.2 Å². The lowest BCUT2D eigenvalue weighted by molar-refractivity contribution is -0.160. The predicted octanol–water partition coefficient (Wildman–Crippen LogP) is 5.77. The van der Waals surface area contributed by atoms with E-state index in [2.05, 4.69) is 5.32 Å². The lowest BCUT2D eigenvalue weighted by Gasteiger charge is -2.46. The Morgan fingerprint density at radius 1 is 1.06 bits per heavy atom. The molecule has 3 aromatic carbocycles. The summed E-state index contributed by atoms with van der Waals surface area (Å²) in [6, 6.07) is 9.80. The number of halogens is 5. The zero-order valence-electron chi connectivity index (χ0n) is 25.7. The molecule has 0 saturated carbocycles. The number of hydrazine groups is 1. The number of nitrogens with zero attached hydrogens (tertiary/aromatic N) is 3. The average molecular weight is 679 g/mol. The number of alkyl halides is 3. The van der Waals surface area contributed by atoms with Gasteiger partial charge in [0.1, 0.15) is 11.3 Å². The summed E-state index contributed by atoms with van der Waals surface area (Å²) in [7, 11) is -1.21. The van der Waals surface area contributed by atoms with E-state index in [0.717, 1.165) is 33.6 Å². The molecule has 1 fully saturated rings. The van der Waals surface area contributed by atoms with E-state index >= 15 is 0 Å². The van der Waals surface area contributed by atoms with Crippen LogP contribution in [0, 0.1) is 18.6 Å². The van der Waals surface area contributed by atoms with Gasteiger partial charge in [-0.2, -0.15) is 13.2 Å². The third-order valence-corrected chi connectivity index (χ3v) is 10.3. The minimum atomic E-state index is -4.77. The molecular weight excluding hydrogens is 647 g/mol. The maximum atomic E-state index is 14.6. The molecule has 250 valence electrons. The number of sulfonamides is 1. The molecule has 0 aromatic heterocycles. The second-order valence-corrected chi connectivity index (χ2v) is 13.9. The van der Waals surface area contributed by atoms with Crippen LogP contribution in [0.5, 0.6) is 0 Å². The molecule has 0 radical (unpaired) electrons. The fraction of sp³-hybridized carbons (Fsp3) is 0.312. The summed E-state index contributed by atoms with van der Waals surface area (Å²) in [5, 5.41) is 16.3. The fourth-order valence-electron chi connectivity index (χ4n) is 5.93. The number of carbonyl (C=O) groups excluding carboxylic acids is 2. The van der Waals surface area contributed by atoms with Crippen molar-refractivity contribution in [3.8, 4) is 11.1 Å². The van der Waals surface area contributed by atoms with Gasteiger partial charge in [0, 0.05) is 37.5 Å². The van der Waals surface area contributed by atoms with Gasteiger partial charge in [-0.1, -0.05) is 18.2 Å². The lowest BCUT2D eigenvalue weighted by Crippen LogP contribution is -2.60. The van der Waals surface area contributed by atoms with Crippen LogP contribution in [-0.4, -0.2) is 65.8 Å². The Hall–Kier alpha value is -4.34. The maximum Gasteiger partial charge on any atom is 0.416 e. The Bertz CT molecular complexity index is 1930. The monoisotopic (exact) mass is 678 g/mol. The number of carbonyl (C=O) groups is 2. The lowest BCUT2D eigenvalue weighted by atomic mass is 9.90. The molecule has 2 aliphatic rings. The third-order valence-electron chi connectivity index (χ3n) is 8.53. The van der Waals surface area contributed by atoms with Gasteiger partial charge >= 0.3 is 6.18 Å². The Morgan fingerprint density at radius 3 is 2.40 bits per heavy atom. The topological polar surface area (TPSA) is 110 Å². The van der Waals surface area contributed by atoms with Crippen molar-refractivity contribution in [1.29, 1.82) is 0 Å². The molecule has 47 heavy (non-hydrogen) atoms. The van der Waals surface area contributed by atoms with Crippen LogP contribution in [0.15, 0.2) is 70.8 Å². The van der Waals surface area contributed by atoms with E-state index in [4.69, 9.17) is 0 Å². The number of aryl methyl sites for hydroxylation is 1. The van der Waals surface area contributed by atoms with Crippen molar-refractivity contribution in [2.24, 2.45) is 0 Å². The minimum absolute atomic E-state index is 0.103. The van der Waals surface area contributed by atoms with Crippen LogP contribution in [0.3, 0.4) is 0 Å². The van der Waals surface area contributed by atoms with Gasteiger partial charge in [-0.25, -0.2) is 26.5 Å². The Labute approximate surface area is 267 Å². The summed E-state index contributed by atoms with van der Waals surface area (Å²) in [6.07, 6.45) is -3.97. The molecule has 0 spiro atoms. The summed E-state index contributed by atoms with van der Waals surface area (Å²) in [4.78, 5) is 27.5. The molecule has 5 rings (SSSR count). The molecule has 2 heterocycles. The second kappa shape index (κ2) is 12.0. The Balaban J connectivity index is 1.58. The summed E-state index contributed by atoms with van der Waals surface area (Å²) in [5.41, 5.74) is -3.06. The second-order valence-electron chi connectivity index (χ2n) is 11.8. The van der Waals surface area contributed by atoms with E-state index < -0.39 is 68.6 Å². The number of rotatable bonds is 7. The highest BCUT2D eigenvalue weighted by molar-refractivity contribution is 7.89. The third kappa shape index (κ3) is 5.98. The van der Waals surface area contributed by atoms with Gasteiger partial charge in [0.25, 0.3) is 11.8 Å². The first-order valence-electron chi connectivity index (χ1n) is 14.4. The number of anilines is 1. The van der Waals surface area contributed by atoms with Crippen LogP contribution in [0.25, 0.3) is 11.1 Å². The highest BCUT2D eigenvalue weighted by Crippen LogP contribution is 2.43. The summed E-state index contributed by atoms with van der Waals surface area (Å²) in [6.45, 7) is 2.88. The predicted molar refractivity (Wildman–Crippen MR) is 162 cm³/mol. The van der Waals surface area contributed by atoms with Crippen LogP contribution in [0.1, 0.15) is 36.5 Å². The zero-order chi connectivity index (χ0) is 34.6. The number of hydrogen-bond acceptors (Lipinski definition) is 6. The molecule has 0 unspecified atom stereocenters. The molecule has 1 saturated heterocycles. The van der Waals surface area contributed by atoms with Crippen LogP contribution in [-0.2, 0) is 32.3 Å². The van der Waals surface area contributed by atoms with E-state index in [9.17, 15) is 45.1 Å². The van der Waals surface area contributed by atoms with Crippen molar-refractivity contribution < 1.29 is 45.1 Å². The molecule has 9 nitrogen and oxygen atoms in total. The molecule has 2 N–H and O–H groups in total. The standard InChI is InChI=1S/C32H31F5N4O5S/c1-18-15-21(47(45,46)39(3)4)10-11-22(18)23-16-20(32(35,36)37)9-12-25(23)38-29(43)26-28(42)31(2)13-6-14-41(31)40(30(26)44)17-19-7-5-8-24(33)27(19)34/h5,7-12,15-16,42H,6,13-14,17H2,1-4H3,(H,38,43)/t31-/m1/s1. The van der Waals surface area contributed by atoms with Gasteiger partial charge in [0.05, 0.1) is 22.5 Å². The molecule has 2 aliphatic heterocycles. The van der Waals surface area contributed by atoms with Crippen LogP contribution < -0.4 is 5.32 Å². The number of benzene rings is 3. The van der Waals surface area contributed by atoms with E-state index in [1.807, 2.05) is 0 Å². The van der Waals surface area contributed by atoms with E-state index in [0.29, 0.717) is 12.8 Å². The number of fused-ring (bicyclic) bond motifs is 1. The van der Waals surface area contributed by atoms with Gasteiger partial charge in [-0.3, -0.25) is 14.6 Å². The molecular formula is C32H31F5N4O5S. The van der Waals surface area contributed by atoms with E-state index in [-0.39, 0.29) is 39.4 Å². The fourth-order valence-corrected chi connectivity index (χ4v) is 6.91. The van der Waals surface area contributed by atoms with Crippen molar-refractivity contribution in [2.75, 3.05) is 26.0 Å². The number of nitrogens with one attached hydrogen (secondary N) is 1. The quantitative estimate of drug-likeness (QED) is 0.243. The van der Waals surface area contributed by atoms with Gasteiger partial charge in [-0.15, -0.1) is 0 Å². The van der Waals surface area contributed by atoms with Crippen molar-refractivity contribution in [1.82, 2.24) is 14.3 Å². The molecule has 0 aliphatic carbocycles. The Kier molecular flexibility index (Phi) is 8.71. The molecule has 3 aromatic rings. The van der Waals surface area contributed by atoms with Crippen LogP contribution in [0.2, 0.25) is 0 Å². The van der Waals surface area contributed by atoms with Crippen LogP contribution >= 0.6 is 0 Å². The number of aliphatic hydroxyl groups excluding tert-OH is 1. The Morgan fingerprint density at radius 2 is 1.77 bits per heavy atom.